The van der Waals surface area contributed by atoms with Gasteiger partial charge in [0, 0.05) is 0 Å². The van der Waals surface area contributed by atoms with Gasteiger partial charge in [-0.15, -0.1) is 0 Å². The molecule has 0 amide bonds. The van der Waals surface area contributed by atoms with Crippen LogP contribution in [0.25, 0.3) is 0 Å². The van der Waals surface area contributed by atoms with Crippen molar-refractivity contribution in [1.82, 2.24) is 0 Å². The maximum absolute atomic E-state index is 2.47. The van der Waals surface area contributed by atoms with E-state index in [4.69, 9.17) is 0 Å². The van der Waals surface area contributed by atoms with Crippen LogP contribution in [0.2, 0.25) is 0 Å². The molecule has 0 aromatic heterocycles. The summed E-state index contributed by atoms with van der Waals surface area (Å²) in [4.78, 5) is 0. The molecule has 0 saturated carbocycles. The minimum atomic E-state index is 0.941. The Hall–Kier alpha value is 0. The first kappa shape index (κ1) is 18.0. The van der Waals surface area contributed by atoms with Crippen molar-refractivity contribution in [3.8, 4) is 0 Å². The fourth-order valence-electron chi connectivity index (χ4n) is 2.95. The summed E-state index contributed by atoms with van der Waals surface area (Å²) in [6.45, 7) is 11.8. The molecule has 0 saturated heterocycles. The standard InChI is InChI=1S/C18H38/c1-6-12-18(8-3)15-17(5)14-11-9-10-13-16(4)7-2/h16-18H,6-15H2,1-5H3. The normalized spacial score (nSPS) is 16.5. The molecule has 0 aromatic rings. The van der Waals surface area contributed by atoms with E-state index in [2.05, 4.69) is 34.6 Å². The van der Waals surface area contributed by atoms with Gasteiger partial charge < -0.3 is 0 Å². The van der Waals surface area contributed by atoms with Crippen molar-refractivity contribution < 1.29 is 0 Å². The highest BCUT2D eigenvalue weighted by molar-refractivity contribution is 4.63. The van der Waals surface area contributed by atoms with E-state index in [-0.39, 0.29) is 0 Å². The van der Waals surface area contributed by atoms with Crippen molar-refractivity contribution in [2.75, 3.05) is 0 Å². The minimum Gasteiger partial charge on any atom is -0.0654 e. The largest absolute Gasteiger partial charge is 0.0654 e. The summed E-state index contributed by atoms with van der Waals surface area (Å²) < 4.78 is 0. The van der Waals surface area contributed by atoms with Crippen LogP contribution in [0.4, 0.5) is 0 Å². The summed E-state index contributed by atoms with van der Waals surface area (Å²) in [7, 11) is 0. The number of hydrogen-bond acceptors (Lipinski definition) is 0. The zero-order chi connectivity index (χ0) is 13.8. The predicted molar refractivity (Wildman–Crippen MR) is 85.0 cm³/mol. The summed E-state index contributed by atoms with van der Waals surface area (Å²) in [6, 6.07) is 0. The van der Waals surface area contributed by atoms with Crippen LogP contribution in [0.5, 0.6) is 0 Å². The molecule has 0 heterocycles. The Balaban J connectivity index is 3.49. The molecule has 3 unspecified atom stereocenters. The Morgan fingerprint density at radius 3 is 1.78 bits per heavy atom. The van der Waals surface area contributed by atoms with Gasteiger partial charge in [-0.2, -0.15) is 0 Å². The van der Waals surface area contributed by atoms with Gasteiger partial charge in [0.15, 0.2) is 0 Å². The van der Waals surface area contributed by atoms with Gasteiger partial charge in [-0.1, -0.05) is 92.4 Å². The van der Waals surface area contributed by atoms with Crippen LogP contribution in [0.15, 0.2) is 0 Å². The highest BCUT2D eigenvalue weighted by atomic mass is 14.2. The third-order valence-corrected chi connectivity index (χ3v) is 4.60. The molecule has 110 valence electrons. The van der Waals surface area contributed by atoms with Gasteiger partial charge in [-0.3, -0.25) is 0 Å². The fourth-order valence-corrected chi connectivity index (χ4v) is 2.95. The van der Waals surface area contributed by atoms with Gasteiger partial charge in [0.25, 0.3) is 0 Å². The Morgan fingerprint density at radius 2 is 1.28 bits per heavy atom. The average molecular weight is 255 g/mol. The molecule has 0 nitrogen and oxygen atoms in total. The topological polar surface area (TPSA) is 0 Å². The molecule has 0 aromatic carbocycles. The van der Waals surface area contributed by atoms with Crippen LogP contribution in [-0.2, 0) is 0 Å². The van der Waals surface area contributed by atoms with Crippen molar-refractivity contribution in [3.63, 3.8) is 0 Å². The lowest BCUT2D eigenvalue weighted by atomic mass is 9.87. The van der Waals surface area contributed by atoms with Crippen molar-refractivity contribution in [1.29, 1.82) is 0 Å². The van der Waals surface area contributed by atoms with Crippen LogP contribution in [-0.4, -0.2) is 0 Å². The predicted octanol–water partition coefficient (Wildman–Crippen LogP) is 6.84. The van der Waals surface area contributed by atoms with E-state index in [1.165, 1.54) is 64.2 Å². The molecule has 0 radical (unpaired) electrons. The van der Waals surface area contributed by atoms with Crippen LogP contribution in [0, 0.1) is 17.8 Å². The van der Waals surface area contributed by atoms with E-state index < -0.39 is 0 Å². The second-order valence-corrected chi connectivity index (χ2v) is 6.56. The second kappa shape index (κ2) is 12.1. The molecule has 0 aliphatic heterocycles. The first-order chi connectivity index (χ1) is 8.63. The van der Waals surface area contributed by atoms with E-state index in [0.717, 1.165) is 17.8 Å². The van der Waals surface area contributed by atoms with Crippen LogP contribution < -0.4 is 0 Å². The fraction of sp³-hybridized carbons (Fsp3) is 1.00. The van der Waals surface area contributed by atoms with Gasteiger partial charge in [-0.05, 0) is 24.2 Å². The van der Waals surface area contributed by atoms with Crippen LogP contribution in [0.3, 0.4) is 0 Å². The third kappa shape index (κ3) is 9.97. The third-order valence-electron chi connectivity index (χ3n) is 4.60. The highest BCUT2D eigenvalue weighted by Gasteiger charge is 2.10. The summed E-state index contributed by atoms with van der Waals surface area (Å²) in [5.74, 6) is 2.88. The number of unbranched alkanes of at least 4 members (excludes halogenated alkanes) is 2. The summed E-state index contributed by atoms with van der Waals surface area (Å²) in [5.41, 5.74) is 0. The molecular weight excluding hydrogens is 216 g/mol. The molecular formula is C18H38. The Labute approximate surface area is 117 Å². The molecule has 3 atom stereocenters. The van der Waals surface area contributed by atoms with Crippen molar-refractivity contribution in [2.45, 2.75) is 98.8 Å². The molecule has 0 rings (SSSR count). The van der Waals surface area contributed by atoms with E-state index in [1.54, 1.807) is 0 Å². The molecule has 0 fully saturated rings. The van der Waals surface area contributed by atoms with Crippen molar-refractivity contribution >= 4 is 0 Å². The molecule has 0 aliphatic rings. The van der Waals surface area contributed by atoms with E-state index in [1.807, 2.05) is 0 Å². The molecule has 0 N–H and O–H groups in total. The number of rotatable bonds is 12. The Kier molecular flexibility index (Phi) is 12.1. The van der Waals surface area contributed by atoms with Crippen molar-refractivity contribution in [2.24, 2.45) is 17.8 Å². The molecule has 18 heavy (non-hydrogen) atoms. The molecule has 0 aliphatic carbocycles. The Morgan fingerprint density at radius 1 is 0.667 bits per heavy atom. The lowest BCUT2D eigenvalue weighted by Gasteiger charge is -2.19. The average Bonchev–Trinajstić information content (AvgIpc) is 2.37. The minimum absolute atomic E-state index is 0.941. The maximum Gasteiger partial charge on any atom is -0.0414 e. The van der Waals surface area contributed by atoms with Crippen LogP contribution >= 0.6 is 0 Å². The first-order valence-electron chi connectivity index (χ1n) is 8.63. The SMILES string of the molecule is CCCC(CC)CC(C)CCCCCC(C)CC. The second-order valence-electron chi connectivity index (χ2n) is 6.56. The number of hydrogen-bond donors (Lipinski definition) is 0. The van der Waals surface area contributed by atoms with Gasteiger partial charge in [0.05, 0.1) is 0 Å². The van der Waals surface area contributed by atoms with Gasteiger partial charge in [0.1, 0.15) is 0 Å². The van der Waals surface area contributed by atoms with Gasteiger partial charge in [0.2, 0.25) is 0 Å². The summed E-state index contributed by atoms with van der Waals surface area (Å²) in [6.07, 6.45) is 14.3. The zero-order valence-electron chi connectivity index (χ0n) is 13.8. The van der Waals surface area contributed by atoms with Gasteiger partial charge in [-0.25, -0.2) is 0 Å². The maximum atomic E-state index is 2.47. The first-order valence-corrected chi connectivity index (χ1v) is 8.63. The summed E-state index contributed by atoms with van der Waals surface area (Å²) >= 11 is 0. The van der Waals surface area contributed by atoms with Gasteiger partial charge >= 0.3 is 0 Å². The Bertz CT molecular complexity index is 161. The van der Waals surface area contributed by atoms with E-state index in [9.17, 15) is 0 Å². The molecule has 0 heteroatoms. The van der Waals surface area contributed by atoms with E-state index in [0.29, 0.717) is 0 Å². The highest BCUT2D eigenvalue weighted by Crippen LogP contribution is 2.24. The molecule has 0 bridgehead atoms. The molecule has 0 spiro atoms. The quantitative estimate of drug-likeness (QED) is 0.335. The smallest absolute Gasteiger partial charge is 0.0414 e. The lowest BCUT2D eigenvalue weighted by molar-refractivity contribution is 0.335. The zero-order valence-corrected chi connectivity index (χ0v) is 13.8. The van der Waals surface area contributed by atoms with E-state index >= 15 is 0 Å². The monoisotopic (exact) mass is 254 g/mol. The van der Waals surface area contributed by atoms with Crippen LogP contribution in [0.1, 0.15) is 98.8 Å². The summed E-state index contributed by atoms with van der Waals surface area (Å²) in [5, 5.41) is 0. The van der Waals surface area contributed by atoms with Crippen molar-refractivity contribution in [3.05, 3.63) is 0 Å². The lowest BCUT2D eigenvalue weighted by Crippen LogP contribution is -2.05.